The van der Waals surface area contributed by atoms with Gasteiger partial charge in [0, 0.05) is 13.5 Å². The highest BCUT2D eigenvalue weighted by Crippen LogP contribution is 2.30. The van der Waals surface area contributed by atoms with Crippen molar-refractivity contribution in [2.75, 3.05) is 20.3 Å². The lowest BCUT2D eigenvalue weighted by Gasteiger charge is -2.26. The summed E-state index contributed by atoms with van der Waals surface area (Å²) < 4.78 is 21.7. The summed E-state index contributed by atoms with van der Waals surface area (Å²) in [6.45, 7) is 7.12. The normalized spacial score (nSPS) is 28.6. The molecule has 1 rings (SSSR count). The zero-order valence-electron chi connectivity index (χ0n) is 12.4. The van der Waals surface area contributed by atoms with Gasteiger partial charge in [-0.2, -0.15) is 0 Å². The Morgan fingerprint density at radius 3 is 2.37 bits per heavy atom. The molecular formula is C13H26O6. The highest BCUT2D eigenvalue weighted by atomic mass is 16.8. The fourth-order valence-electron chi connectivity index (χ4n) is 1.96. The second-order valence-corrected chi connectivity index (χ2v) is 5.70. The summed E-state index contributed by atoms with van der Waals surface area (Å²) in [5.41, 5.74) is 0. The van der Waals surface area contributed by atoms with E-state index in [4.69, 9.17) is 18.9 Å². The van der Waals surface area contributed by atoms with Gasteiger partial charge in [-0.05, 0) is 27.7 Å². The van der Waals surface area contributed by atoms with Crippen molar-refractivity contribution in [1.82, 2.24) is 0 Å². The largest absolute Gasteiger partial charge is 0.394 e. The maximum absolute atomic E-state index is 9.95. The molecule has 2 unspecified atom stereocenters. The molecule has 0 spiro atoms. The average Bonchev–Trinajstić information content (AvgIpc) is 2.61. The van der Waals surface area contributed by atoms with Crippen LogP contribution in [0.1, 0.15) is 34.1 Å². The van der Waals surface area contributed by atoms with Crippen molar-refractivity contribution in [1.29, 1.82) is 0 Å². The minimum Gasteiger partial charge on any atom is -0.394 e. The van der Waals surface area contributed by atoms with E-state index in [-0.39, 0.29) is 19.3 Å². The third-order valence-electron chi connectivity index (χ3n) is 3.08. The first-order chi connectivity index (χ1) is 8.69. The van der Waals surface area contributed by atoms with Crippen LogP contribution in [0.2, 0.25) is 0 Å². The number of aliphatic hydroxyl groups is 2. The fourth-order valence-corrected chi connectivity index (χ4v) is 1.96. The molecule has 1 aliphatic heterocycles. The first-order valence-corrected chi connectivity index (χ1v) is 6.53. The van der Waals surface area contributed by atoms with Gasteiger partial charge >= 0.3 is 0 Å². The first kappa shape index (κ1) is 16.8. The molecule has 0 aromatic rings. The Hall–Kier alpha value is -0.240. The SMILES string of the molecule is COC(C)(C)OCC(O)C[C@@H]1OC(C)(C)OC1CO. The zero-order valence-corrected chi connectivity index (χ0v) is 12.4. The van der Waals surface area contributed by atoms with Crippen LogP contribution in [0.5, 0.6) is 0 Å². The molecule has 0 aromatic heterocycles. The van der Waals surface area contributed by atoms with Gasteiger partial charge in [0.05, 0.1) is 25.4 Å². The van der Waals surface area contributed by atoms with Crippen molar-refractivity contribution >= 4 is 0 Å². The molecule has 0 aromatic carbocycles. The van der Waals surface area contributed by atoms with Gasteiger partial charge in [0.25, 0.3) is 0 Å². The van der Waals surface area contributed by atoms with Gasteiger partial charge in [-0.15, -0.1) is 0 Å². The molecule has 19 heavy (non-hydrogen) atoms. The maximum atomic E-state index is 9.95. The van der Waals surface area contributed by atoms with Crippen molar-refractivity contribution in [3.8, 4) is 0 Å². The Balaban J connectivity index is 2.41. The van der Waals surface area contributed by atoms with Gasteiger partial charge < -0.3 is 29.2 Å². The highest BCUT2D eigenvalue weighted by Gasteiger charge is 2.41. The van der Waals surface area contributed by atoms with Crippen LogP contribution in [0.15, 0.2) is 0 Å². The minimum atomic E-state index is -0.732. The molecular weight excluding hydrogens is 252 g/mol. The lowest BCUT2D eigenvalue weighted by atomic mass is 10.1. The zero-order chi connectivity index (χ0) is 14.7. The molecule has 1 saturated heterocycles. The summed E-state index contributed by atoms with van der Waals surface area (Å²) >= 11 is 0. The molecule has 1 aliphatic rings. The van der Waals surface area contributed by atoms with Gasteiger partial charge in [-0.3, -0.25) is 0 Å². The summed E-state index contributed by atoms with van der Waals surface area (Å²) in [5.74, 6) is -1.46. The van der Waals surface area contributed by atoms with Crippen molar-refractivity contribution < 1.29 is 29.2 Å². The second kappa shape index (κ2) is 6.47. The quantitative estimate of drug-likeness (QED) is 0.666. The highest BCUT2D eigenvalue weighted by molar-refractivity contribution is 4.83. The van der Waals surface area contributed by atoms with Crippen LogP contribution in [-0.4, -0.2) is 60.4 Å². The molecule has 6 heteroatoms. The van der Waals surface area contributed by atoms with E-state index >= 15 is 0 Å². The number of rotatable bonds is 7. The van der Waals surface area contributed by atoms with E-state index in [1.165, 1.54) is 0 Å². The predicted molar refractivity (Wildman–Crippen MR) is 68.6 cm³/mol. The van der Waals surface area contributed by atoms with Crippen LogP contribution in [0, 0.1) is 0 Å². The van der Waals surface area contributed by atoms with Crippen LogP contribution < -0.4 is 0 Å². The minimum absolute atomic E-state index is 0.134. The Bertz CT molecular complexity index is 278. The Kier molecular flexibility index (Phi) is 5.73. The van der Waals surface area contributed by atoms with Gasteiger partial charge in [-0.25, -0.2) is 0 Å². The number of hydrogen-bond donors (Lipinski definition) is 2. The van der Waals surface area contributed by atoms with E-state index in [9.17, 15) is 10.2 Å². The number of methoxy groups -OCH3 is 1. The number of hydrogen-bond acceptors (Lipinski definition) is 6. The Labute approximate surface area is 114 Å². The summed E-state index contributed by atoms with van der Waals surface area (Å²) in [4.78, 5) is 0. The topological polar surface area (TPSA) is 77.4 Å². The third-order valence-corrected chi connectivity index (χ3v) is 3.08. The molecule has 3 atom stereocenters. The molecule has 114 valence electrons. The lowest BCUT2D eigenvalue weighted by Crippen LogP contribution is -2.35. The Morgan fingerprint density at radius 1 is 1.26 bits per heavy atom. The average molecular weight is 278 g/mol. The van der Waals surface area contributed by atoms with Crippen molar-refractivity contribution in [2.24, 2.45) is 0 Å². The van der Waals surface area contributed by atoms with Crippen LogP contribution in [0.4, 0.5) is 0 Å². The summed E-state index contributed by atoms with van der Waals surface area (Å²) in [5, 5.41) is 19.2. The molecule has 6 nitrogen and oxygen atoms in total. The van der Waals surface area contributed by atoms with Crippen LogP contribution >= 0.6 is 0 Å². The summed E-state index contributed by atoms with van der Waals surface area (Å²) in [6.07, 6.45) is -1.12. The Morgan fingerprint density at radius 2 is 1.84 bits per heavy atom. The number of aliphatic hydroxyl groups excluding tert-OH is 2. The molecule has 1 heterocycles. The molecule has 0 saturated carbocycles. The second-order valence-electron chi connectivity index (χ2n) is 5.70. The first-order valence-electron chi connectivity index (χ1n) is 6.53. The van der Waals surface area contributed by atoms with E-state index in [1.807, 2.05) is 0 Å². The molecule has 0 radical (unpaired) electrons. The molecule has 0 bridgehead atoms. The van der Waals surface area contributed by atoms with E-state index in [0.29, 0.717) is 6.42 Å². The predicted octanol–water partition coefficient (Wildman–Crippen LogP) is 0.649. The fraction of sp³-hybridized carbons (Fsp3) is 1.00. The van der Waals surface area contributed by atoms with Crippen LogP contribution in [0.3, 0.4) is 0 Å². The molecule has 0 amide bonds. The van der Waals surface area contributed by atoms with Crippen LogP contribution in [0.25, 0.3) is 0 Å². The summed E-state index contributed by atoms with van der Waals surface area (Å²) in [7, 11) is 1.55. The molecule has 1 fully saturated rings. The standard InChI is InChI=1S/C13H26O6/c1-12(2,16-5)17-8-9(15)6-10-11(7-14)19-13(3,4)18-10/h9-11,14-15H,6-8H2,1-5H3/t9?,10-,11?/m0/s1. The van der Waals surface area contributed by atoms with Crippen molar-refractivity contribution in [3.63, 3.8) is 0 Å². The van der Waals surface area contributed by atoms with E-state index in [0.717, 1.165) is 0 Å². The molecule has 0 aliphatic carbocycles. The smallest absolute Gasteiger partial charge is 0.163 e. The van der Waals surface area contributed by atoms with Gasteiger partial charge in [0.2, 0.25) is 0 Å². The van der Waals surface area contributed by atoms with E-state index in [2.05, 4.69) is 0 Å². The van der Waals surface area contributed by atoms with Gasteiger partial charge in [-0.1, -0.05) is 0 Å². The maximum Gasteiger partial charge on any atom is 0.163 e. The van der Waals surface area contributed by atoms with Crippen molar-refractivity contribution in [3.05, 3.63) is 0 Å². The van der Waals surface area contributed by atoms with Gasteiger partial charge in [0.15, 0.2) is 11.6 Å². The third kappa shape index (κ3) is 5.33. The monoisotopic (exact) mass is 278 g/mol. The summed E-state index contributed by atoms with van der Waals surface area (Å²) in [6, 6.07) is 0. The van der Waals surface area contributed by atoms with E-state index < -0.39 is 23.8 Å². The van der Waals surface area contributed by atoms with Gasteiger partial charge in [0.1, 0.15) is 6.10 Å². The van der Waals surface area contributed by atoms with Crippen molar-refractivity contribution in [2.45, 2.75) is 64.0 Å². The lowest BCUT2D eigenvalue weighted by molar-refractivity contribution is -0.211. The number of ether oxygens (including phenoxy) is 4. The van der Waals surface area contributed by atoms with Crippen LogP contribution in [-0.2, 0) is 18.9 Å². The van der Waals surface area contributed by atoms with E-state index in [1.54, 1.807) is 34.8 Å². The molecule has 2 N–H and O–H groups in total.